The zero-order valence-corrected chi connectivity index (χ0v) is 69.8. The molecule has 0 radical (unpaired) electrons. The average Bonchev–Trinajstić information content (AvgIpc) is 0.882. The van der Waals surface area contributed by atoms with Gasteiger partial charge in [0, 0.05) is 87.7 Å². The highest BCUT2D eigenvalue weighted by atomic mass is 32.2. The number of methoxy groups -OCH3 is 3. The monoisotopic (exact) mass is 1640 g/mol. The molecule has 13 rings (SSSR count). The highest BCUT2D eigenvalue weighted by Gasteiger charge is 2.46. The first kappa shape index (κ1) is 91.9. The number of aryl methyl sites for hydroxylation is 3. The normalized spacial score (nSPS) is 25.0. The Balaban J connectivity index is 0.000000178. The second kappa shape index (κ2) is 40.0. The van der Waals surface area contributed by atoms with Crippen molar-refractivity contribution in [3.05, 3.63) is 159 Å². The number of ether oxygens (including phenoxy) is 6. The second-order valence-electron chi connectivity index (χ2n) is 32.8. The molecule has 6 heterocycles. The molecule has 628 valence electrons. The standard InChI is InChI=1S/C22H33NO3.2C20H28F3NO3.3C8H10O2S/c1-14(2)8-17-12-23-7-6-16-9-22(26-13-15-4-5-15)21(25-3)10-18(16)19(23)11-20(17)24;2*1-12(2)6-14-10-24-5-4-13-7-19(27-11-20(21,22)23)18(26-3)8-15(13)16(24)9-17(14)25;3*1-7-3-5-8(6-4-7)11(2,9)10/h9-10,14-15,17,19-20,24H,4-8,11-13H2,1-3H3;2*7-8,12,14,16-17,25H,4-6,9-11H2,1-3H3;3*3-6H,2H2,1H3,(H,9,10)/t17-,19-,20-;2*14-,16-,17-;;;/m110.../s1. The van der Waals surface area contributed by atoms with Crippen molar-refractivity contribution in [3.8, 4) is 34.5 Å². The third-order valence-electron chi connectivity index (χ3n) is 22.1. The summed E-state index contributed by atoms with van der Waals surface area (Å²) in [6.07, 6.45) is 0.964. The van der Waals surface area contributed by atoms with Gasteiger partial charge in [-0.2, -0.15) is 26.3 Å². The van der Waals surface area contributed by atoms with E-state index in [-0.39, 0.29) is 56.6 Å². The lowest BCUT2D eigenvalue weighted by Crippen LogP contribution is -3.15. The van der Waals surface area contributed by atoms with Crippen LogP contribution in [0.4, 0.5) is 26.3 Å². The number of hydrogen-bond donors (Lipinski definition) is 6. The number of benzene rings is 6. The van der Waals surface area contributed by atoms with Crippen LogP contribution in [-0.4, -0.2) is 170 Å². The smallest absolute Gasteiger partial charge is 0.422 e. The number of rotatable bonds is 19. The number of fused-ring (bicyclic) bond motifs is 9. The Labute approximate surface area is 666 Å². The van der Waals surface area contributed by atoms with Gasteiger partial charge in [-0.15, -0.1) is 0 Å². The van der Waals surface area contributed by atoms with Crippen molar-refractivity contribution in [2.24, 2.45) is 41.4 Å². The van der Waals surface area contributed by atoms with E-state index in [9.17, 15) is 67.9 Å². The van der Waals surface area contributed by atoms with Crippen molar-refractivity contribution in [1.29, 1.82) is 0 Å². The van der Waals surface area contributed by atoms with Gasteiger partial charge in [0.05, 0.1) is 85.5 Å². The molecule has 6 aliphatic heterocycles. The molecular formula is C86H119F6N3O15S3. The summed E-state index contributed by atoms with van der Waals surface area (Å²) in [5.41, 5.74) is 9.99. The molecule has 0 bridgehead atoms. The van der Waals surface area contributed by atoms with Gasteiger partial charge in [0.15, 0.2) is 47.7 Å². The van der Waals surface area contributed by atoms with Crippen LogP contribution >= 0.6 is 0 Å². The van der Waals surface area contributed by atoms with E-state index in [1.807, 2.05) is 20.8 Å². The zero-order valence-electron chi connectivity index (χ0n) is 67.4. The Hall–Kier alpha value is -6.60. The van der Waals surface area contributed by atoms with E-state index in [0.717, 1.165) is 147 Å². The van der Waals surface area contributed by atoms with E-state index < -0.39 is 55.0 Å². The van der Waals surface area contributed by atoms with Gasteiger partial charge in [0.1, 0.15) is 18.1 Å². The number of piperidine rings is 3. The van der Waals surface area contributed by atoms with Crippen LogP contribution in [-0.2, 0) is 48.7 Å². The van der Waals surface area contributed by atoms with Gasteiger partial charge in [-0.05, 0) is 166 Å². The fourth-order valence-electron chi connectivity index (χ4n) is 16.3. The van der Waals surface area contributed by atoms with E-state index in [0.29, 0.717) is 65.9 Å². The van der Waals surface area contributed by atoms with Gasteiger partial charge >= 0.3 is 12.4 Å². The molecule has 3 saturated heterocycles. The molecule has 0 aromatic heterocycles. The number of alkyl halides is 6. The van der Waals surface area contributed by atoms with E-state index in [1.165, 1.54) is 48.0 Å². The Morgan fingerprint density at radius 1 is 0.434 bits per heavy atom. The minimum Gasteiger partial charge on any atom is -0.774 e. The summed E-state index contributed by atoms with van der Waals surface area (Å²) >= 11 is 0. The number of aliphatic hydroxyl groups excluding tert-OH is 3. The summed E-state index contributed by atoms with van der Waals surface area (Å²) < 4.78 is 172. The fraction of sp³-hybridized carbons (Fsp3) is 0.547. The molecule has 0 amide bonds. The largest absolute Gasteiger partial charge is 0.774 e. The van der Waals surface area contributed by atoms with Gasteiger partial charge in [0.25, 0.3) is 0 Å². The second-order valence-corrected chi connectivity index (χ2v) is 37.9. The molecule has 0 spiro atoms. The third-order valence-corrected chi connectivity index (χ3v) is 25.1. The molecule has 7 aliphatic rings. The van der Waals surface area contributed by atoms with Crippen LogP contribution in [0.3, 0.4) is 0 Å². The lowest BCUT2D eigenvalue weighted by molar-refractivity contribution is -0.944. The van der Waals surface area contributed by atoms with Crippen LogP contribution in [0.15, 0.2) is 124 Å². The summed E-state index contributed by atoms with van der Waals surface area (Å²) in [5.74, 6) is 15.3. The van der Waals surface area contributed by atoms with Crippen molar-refractivity contribution in [3.63, 3.8) is 0 Å². The predicted octanol–water partition coefficient (Wildman–Crippen LogP) is 11.1. The van der Waals surface area contributed by atoms with Crippen LogP contribution in [0, 0.1) is 62.2 Å². The van der Waals surface area contributed by atoms with E-state index >= 15 is 0 Å². The number of quaternary nitrogens is 3. The highest BCUT2D eigenvalue weighted by Crippen LogP contribution is 2.43. The fourth-order valence-corrected chi connectivity index (χ4v) is 17.9. The maximum atomic E-state index is 12.5. The van der Waals surface area contributed by atoms with E-state index in [1.54, 1.807) is 109 Å². The van der Waals surface area contributed by atoms with Gasteiger partial charge in [-0.25, -0.2) is 0 Å². The van der Waals surface area contributed by atoms with Crippen molar-refractivity contribution < 1.29 is 111 Å². The Kier molecular flexibility index (Phi) is 32.6. The lowest BCUT2D eigenvalue weighted by Gasteiger charge is -2.43. The predicted molar refractivity (Wildman–Crippen MR) is 429 cm³/mol. The Bertz CT molecular complexity index is 4120. The van der Waals surface area contributed by atoms with E-state index in [4.69, 9.17) is 28.4 Å². The molecular weight excluding hydrogens is 1530 g/mol. The minimum absolute atomic E-state index is 0.131. The van der Waals surface area contributed by atoms with Crippen LogP contribution in [0.25, 0.3) is 0 Å². The molecule has 6 aromatic rings. The average molecular weight is 1650 g/mol. The van der Waals surface area contributed by atoms with Gasteiger partial charge in [-0.3, -0.25) is 12.6 Å². The molecule has 6 N–H and O–H groups in total. The van der Waals surface area contributed by atoms with Gasteiger partial charge in [-0.1, -0.05) is 142 Å². The van der Waals surface area contributed by atoms with Crippen LogP contribution in [0.5, 0.6) is 34.5 Å². The number of hydrogen-bond acceptors (Lipinski definition) is 15. The van der Waals surface area contributed by atoms with E-state index in [2.05, 4.69) is 71.3 Å². The number of aliphatic hydroxyl groups is 3. The molecule has 1 aliphatic carbocycles. The summed E-state index contributed by atoms with van der Waals surface area (Å²) in [6, 6.07) is 31.9. The minimum atomic E-state index is -4.39. The summed E-state index contributed by atoms with van der Waals surface area (Å²) in [5, 5.41) is 32.0. The molecule has 4 fully saturated rings. The number of nitrogens with one attached hydrogen (secondary N) is 3. The zero-order chi connectivity index (χ0) is 83.2. The van der Waals surface area contributed by atoms with Gasteiger partial charge < -0.3 is 72.1 Å². The molecule has 15 atom stereocenters. The van der Waals surface area contributed by atoms with Crippen molar-refractivity contribution in [1.82, 2.24) is 0 Å². The van der Waals surface area contributed by atoms with Crippen LogP contribution < -0.4 is 43.1 Å². The SMILES string of the molecule is C=S(=O)([O-])c1ccc(C)cc1.C=S(=O)([O-])c1ccc(C)cc1.C=S(=O)([O-])c1ccc(C)cc1.COc1cc2c(cc1OCC(F)(F)F)CC[NH+]1C[C@@H](CC(C)C)[C@H](O)C[C@H]21.COc1cc2c(cc1OCC(F)(F)F)CC[NH+]1C[C@H](CC(C)C)[C@@H](O)C[C@@H]21.COc1cc2c(cc1OCC1CC1)CC[NH+]1C[C@@H](CC(C)C)[C@H](O)C[C@H]21. The van der Waals surface area contributed by atoms with Crippen molar-refractivity contribution in [2.75, 3.05) is 80.4 Å². The molecule has 18 nitrogen and oxygen atoms in total. The molecule has 6 aromatic carbocycles. The summed E-state index contributed by atoms with van der Waals surface area (Å²) in [7, 11) is -5.21. The molecule has 113 heavy (non-hydrogen) atoms. The van der Waals surface area contributed by atoms with Crippen LogP contribution in [0.1, 0.15) is 161 Å². The quantitative estimate of drug-likeness (QED) is 0.0326. The maximum absolute atomic E-state index is 12.5. The first-order valence-electron chi connectivity index (χ1n) is 39.1. The lowest BCUT2D eigenvalue weighted by atomic mass is 9.79. The van der Waals surface area contributed by atoms with Crippen LogP contribution in [0.2, 0.25) is 0 Å². The Morgan fingerprint density at radius 3 is 0.912 bits per heavy atom. The topological polar surface area (TPSA) is 250 Å². The molecule has 6 unspecified atom stereocenters. The molecule has 27 heteroatoms. The summed E-state index contributed by atoms with van der Waals surface area (Å²) in [6.45, 7) is 23.0. The molecule has 1 saturated carbocycles. The van der Waals surface area contributed by atoms with Gasteiger partial charge in [0.2, 0.25) is 0 Å². The Morgan fingerprint density at radius 2 is 0.690 bits per heavy atom. The maximum Gasteiger partial charge on any atom is 0.422 e. The highest BCUT2D eigenvalue weighted by molar-refractivity contribution is 7.95. The first-order chi connectivity index (χ1) is 52.9. The summed E-state index contributed by atoms with van der Waals surface area (Å²) in [4.78, 5) is 5.34. The van der Waals surface area contributed by atoms with Crippen molar-refractivity contribution in [2.45, 2.75) is 196 Å². The number of halogens is 6. The third kappa shape index (κ3) is 27.5. The van der Waals surface area contributed by atoms with Crippen molar-refractivity contribution >= 4 is 47.0 Å². The first-order valence-corrected chi connectivity index (χ1v) is 44.0.